The van der Waals surface area contributed by atoms with Crippen molar-refractivity contribution in [1.82, 2.24) is 4.90 Å². The molecular formula is C18H19NO3S. The Morgan fingerprint density at radius 3 is 2.57 bits per heavy atom. The lowest BCUT2D eigenvalue weighted by Crippen LogP contribution is -2.32. The second kappa shape index (κ2) is 7.06. The smallest absolute Gasteiger partial charge is 0.233 e. The van der Waals surface area contributed by atoms with Crippen LogP contribution in [0.3, 0.4) is 0 Å². The van der Waals surface area contributed by atoms with Crippen molar-refractivity contribution >= 4 is 17.7 Å². The van der Waals surface area contributed by atoms with E-state index in [2.05, 4.69) is 0 Å². The monoisotopic (exact) mass is 329 g/mol. The molecule has 4 nitrogen and oxygen atoms in total. The summed E-state index contributed by atoms with van der Waals surface area (Å²) in [6, 6.07) is 17.2. The highest BCUT2D eigenvalue weighted by Gasteiger charge is 2.34. The number of benzene rings is 2. The van der Waals surface area contributed by atoms with Gasteiger partial charge in [0.05, 0.1) is 25.5 Å². The largest absolute Gasteiger partial charge is 0.497 e. The van der Waals surface area contributed by atoms with E-state index in [4.69, 9.17) is 4.74 Å². The van der Waals surface area contributed by atoms with E-state index in [0.717, 1.165) is 16.9 Å². The van der Waals surface area contributed by atoms with Gasteiger partial charge in [0.1, 0.15) is 11.1 Å². The standard InChI is InChI=1S/C18H19NO3S/c1-22-15-9-7-14(8-10-15)18-19(17(21)12-23-18)11-16(20)13-5-3-2-4-6-13/h2-10,16,18,20H,11-12H2,1H3/t16-,18-/m1/s1. The van der Waals surface area contributed by atoms with Crippen LogP contribution in [0.15, 0.2) is 54.6 Å². The number of carbonyl (C=O) groups excluding carboxylic acids is 1. The molecule has 0 unspecified atom stereocenters. The van der Waals surface area contributed by atoms with Crippen molar-refractivity contribution in [2.24, 2.45) is 0 Å². The Hall–Kier alpha value is -1.98. The molecule has 2 aromatic carbocycles. The van der Waals surface area contributed by atoms with Crippen molar-refractivity contribution in [3.05, 3.63) is 65.7 Å². The first kappa shape index (κ1) is 15.9. The Morgan fingerprint density at radius 1 is 1.22 bits per heavy atom. The molecule has 1 fully saturated rings. The Morgan fingerprint density at radius 2 is 1.91 bits per heavy atom. The highest BCUT2D eigenvalue weighted by molar-refractivity contribution is 8.00. The first-order valence-corrected chi connectivity index (χ1v) is 8.52. The number of thioether (sulfide) groups is 1. The predicted molar refractivity (Wildman–Crippen MR) is 91.3 cm³/mol. The summed E-state index contributed by atoms with van der Waals surface area (Å²) in [6.45, 7) is 0.298. The third-order valence-corrected chi connectivity index (χ3v) is 5.18. The second-order valence-electron chi connectivity index (χ2n) is 5.41. The predicted octanol–water partition coefficient (Wildman–Crippen LogP) is 3.00. The minimum atomic E-state index is -0.681. The Balaban J connectivity index is 1.76. The topological polar surface area (TPSA) is 49.8 Å². The lowest BCUT2D eigenvalue weighted by molar-refractivity contribution is -0.129. The third kappa shape index (κ3) is 3.51. The zero-order valence-electron chi connectivity index (χ0n) is 12.9. The molecule has 1 heterocycles. The highest BCUT2D eigenvalue weighted by Crippen LogP contribution is 2.39. The Bertz CT molecular complexity index is 660. The van der Waals surface area contributed by atoms with Gasteiger partial charge in [-0.05, 0) is 23.3 Å². The Labute approximate surface area is 140 Å². The van der Waals surface area contributed by atoms with Crippen LogP contribution < -0.4 is 4.74 Å². The summed E-state index contributed by atoms with van der Waals surface area (Å²) < 4.78 is 5.17. The van der Waals surface area contributed by atoms with Crippen LogP contribution in [0.4, 0.5) is 0 Å². The van der Waals surface area contributed by atoms with Crippen molar-refractivity contribution in [2.45, 2.75) is 11.5 Å². The number of ether oxygens (including phenoxy) is 1. The number of hydrogen-bond acceptors (Lipinski definition) is 4. The van der Waals surface area contributed by atoms with E-state index in [1.54, 1.807) is 23.8 Å². The first-order valence-electron chi connectivity index (χ1n) is 7.47. The summed E-state index contributed by atoms with van der Waals surface area (Å²) in [5.41, 5.74) is 1.87. The van der Waals surface area contributed by atoms with Crippen molar-refractivity contribution in [3.8, 4) is 5.75 Å². The molecule has 1 amide bonds. The van der Waals surface area contributed by atoms with Crippen molar-refractivity contribution < 1.29 is 14.6 Å². The minimum absolute atomic E-state index is 0.0609. The molecule has 1 aliphatic rings. The molecular weight excluding hydrogens is 310 g/mol. The van der Waals surface area contributed by atoms with Crippen molar-refractivity contribution in [3.63, 3.8) is 0 Å². The molecule has 3 rings (SSSR count). The molecule has 0 bridgehead atoms. The number of nitrogens with zero attached hydrogens (tertiary/aromatic N) is 1. The summed E-state index contributed by atoms with van der Waals surface area (Å²) in [5.74, 6) is 1.29. The molecule has 5 heteroatoms. The molecule has 0 radical (unpaired) electrons. The van der Waals surface area contributed by atoms with Gasteiger partial charge in [0.15, 0.2) is 0 Å². The molecule has 0 aliphatic carbocycles. The van der Waals surface area contributed by atoms with Gasteiger partial charge in [-0.2, -0.15) is 0 Å². The molecule has 1 saturated heterocycles. The summed E-state index contributed by atoms with van der Waals surface area (Å²) >= 11 is 1.59. The highest BCUT2D eigenvalue weighted by atomic mass is 32.2. The molecule has 120 valence electrons. The van der Waals surface area contributed by atoms with Crippen molar-refractivity contribution in [1.29, 1.82) is 0 Å². The van der Waals surface area contributed by atoms with E-state index in [-0.39, 0.29) is 11.3 Å². The maximum atomic E-state index is 12.2. The van der Waals surface area contributed by atoms with Gasteiger partial charge in [-0.15, -0.1) is 11.8 Å². The maximum absolute atomic E-state index is 12.2. The van der Waals surface area contributed by atoms with Crippen LogP contribution in [0.1, 0.15) is 22.6 Å². The molecule has 0 spiro atoms. The van der Waals surface area contributed by atoms with Crippen LogP contribution in [0.25, 0.3) is 0 Å². The number of β-amino-alcohol motifs (C(OH)–C–C–N with tert-alkyl or cyclic N) is 1. The van der Waals surface area contributed by atoms with Gasteiger partial charge < -0.3 is 14.7 Å². The molecule has 23 heavy (non-hydrogen) atoms. The lowest BCUT2D eigenvalue weighted by Gasteiger charge is -2.27. The van der Waals surface area contributed by atoms with Crippen LogP contribution in [0.2, 0.25) is 0 Å². The summed E-state index contributed by atoms with van der Waals surface area (Å²) in [6.07, 6.45) is -0.681. The van der Waals surface area contributed by atoms with E-state index in [0.29, 0.717) is 12.3 Å². The van der Waals surface area contributed by atoms with Crippen LogP contribution >= 0.6 is 11.8 Å². The van der Waals surface area contributed by atoms with Gasteiger partial charge in [-0.25, -0.2) is 0 Å². The fraction of sp³-hybridized carbons (Fsp3) is 0.278. The normalized spacial score (nSPS) is 19.0. The molecule has 2 atom stereocenters. The zero-order valence-corrected chi connectivity index (χ0v) is 13.7. The SMILES string of the molecule is COc1ccc([C@H]2SCC(=O)N2C[C@@H](O)c2ccccc2)cc1. The number of hydrogen-bond donors (Lipinski definition) is 1. The van der Waals surface area contributed by atoms with Crippen LogP contribution in [0, 0.1) is 0 Å². The van der Waals surface area contributed by atoms with Crippen LogP contribution in [-0.4, -0.2) is 35.3 Å². The summed E-state index contributed by atoms with van der Waals surface area (Å²) in [4.78, 5) is 14.0. The van der Waals surface area contributed by atoms with Crippen molar-refractivity contribution in [2.75, 3.05) is 19.4 Å². The maximum Gasteiger partial charge on any atom is 0.233 e. The van der Waals surface area contributed by atoms with Crippen LogP contribution in [-0.2, 0) is 4.79 Å². The van der Waals surface area contributed by atoms with Crippen LogP contribution in [0.5, 0.6) is 5.75 Å². The van der Waals surface area contributed by atoms with Gasteiger partial charge >= 0.3 is 0 Å². The molecule has 1 aliphatic heterocycles. The van der Waals surface area contributed by atoms with Gasteiger partial charge in [0.25, 0.3) is 0 Å². The summed E-state index contributed by atoms with van der Waals surface area (Å²) in [5, 5.41) is 10.4. The fourth-order valence-electron chi connectivity index (χ4n) is 2.66. The average molecular weight is 329 g/mol. The number of methoxy groups -OCH3 is 1. The molecule has 1 N–H and O–H groups in total. The number of aliphatic hydroxyl groups excluding tert-OH is 1. The fourth-order valence-corrected chi connectivity index (χ4v) is 3.86. The first-order chi connectivity index (χ1) is 11.2. The minimum Gasteiger partial charge on any atom is -0.497 e. The van der Waals surface area contributed by atoms with E-state index >= 15 is 0 Å². The molecule has 2 aromatic rings. The summed E-state index contributed by atoms with van der Waals surface area (Å²) in [7, 11) is 1.63. The van der Waals surface area contributed by atoms with Gasteiger partial charge in [-0.3, -0.25) is 4.79 Å². The van der Waals surface area contributed by atoms with E-state index < -0.39 is 6.10 Å². The zero-order chi connectivity index (χ0) is 16.2. The van der Waals surface area contributed by atoms with Gasteiger partial charge in [-0.1, -0.05) is 42.5 Å². The molecule has 0 saturated carbocycles. The van der Waals surface area contributed by atoms with E-state index in [1.165, 1.54) is 0 Å². The number of amides is 1. The van der Waals surface area contributed by atoms with Gasteiger partial charge in [0.2, 0.25) is 5.91 Å². The lowest BCUT2D eigenvalue weighted by atomic mass is 10.1. The second-order valence-corrected chi connectivity index (χ2v) is 6.48. The number of carbonyl (C=O) groups is 1. The average Bonchev–Trinajstić information content (AvgIpc) is 2.96. The van der Waals surface area contributed by atoms with E-state index in [9.17, 15) is 9.90 Å². The molecule has 0 aromatic heterocycles. The van der Waals surface area contributed by atoms with Gasteiger partial charge in [0, 0.05) is 0 Å². The number of rotatable bonds is 5. The Kier molecular flexibility index (Phi) is 4.88. The number of aliphatic hydroxyl groups is 1. The van der Waals surface area contributed by atoms with E-state index in [1.807, 2.05) is 54.6 Å². The quantitative estimate of drug-likeness (QED) is 0.916. The third-order valence-electron chi connectivity index (χ3n) is 3.92.